The molecule has 1 saturated heterocycles. The van der Waals surface area contributed by atoms with E-state index in [-0.39, 0.29) is 12.2 Å². The monoisotopic (exact) mass is 230 g/mol. The van der Waals surface area contributed by atoms with Gasteiger partial charge in [-0.25, -0.2) is 0 Å². The molecule has 0 amide bonds. The van der Waals surface area contributed by atoms with Crippen LogP contribution < -0.4 is 5.32 Å². The lowest BCUT2D eigenvalue weighted by molar-refractivity contribution is 0.0560. The van der Waals surface area contributed by atoms with Crippen molar-refractivity contribution in [1.82, 2.24) is 10.2 Å². The molecule has 0 radical (unpaired) electrons. The molecule has 96 valence electrons. The average molecular weight is 230 g/mol. The highest BCUT2D eigenvalue weighted by atomic mass is 16.5. The second-order valence-electron chi connectivity index (χ2n) is 5.01. The molecule has 0 saturated carbocycles. The third-order valence-electron chi connectivity index (χ3n) is 2.77. The highest BCUT2D eigenvalue weighted by molar-refractivity contribution is 4.72. The first kappa shape index (κ1) is 13.9. The second-order valence-corrected chi connectivity index (χ2v) is 5.01. The summed E-state index contributed by atoms with van der Waals surface area (Å²) < 4.78 is 5.57. The largest absolute Gasteiger partial charge is 0.390 e. The maximum atomic E-state index is 9.88. The number of aliphatic hydroxyl groups is 1. The molecule has 0 bridgehead atoms. The third kappa shape index (κ3) is 5.80. The van der Waals surface area contributed by atoms with Gasteiger partial charge in [0, 0.05) is 38.8 Å². The minimum absolute atomic E-state index is 0.285. The van der Waals surface area contributed by atoms with Crippen molar-refractivity contribution in [3.8, 4) is 0 Å². The number of ether oxygens (including phenoxy) is 1. The van der Waals surface area contributed by atoms with Crippen LogP contribution >= 0.6 is 0 Å². The van der Waals surface area contributed by atoms with Gasteiger partial charge in [0.1, 0.15) is 0 Å². The van der Waals surface area contributed by atoms with Crippen molar-refractivity contribution in [2.24, 2.45) is 0 Å². The van der Waals surface area contributed by atoms with Crippen molar-refractivity contribution >= 4 is 0 Å². The number of nitrogens with zero attached hydrogens (tertiary/aromatic N) is 1. The number of rotatable bonds is 5. The molecule has 0 aromatic carbocycles. The van der Waals surface area contributed by atoms with Crippen LogP contribution in [0.2, 0.25) is 0 Å². The summed E-state index contributed by atoms with van der Waals surface area (Å²) in [6.07, 6.45) is 1.06. The molecular weight excluding hydrogens is 204 g/mol. The number of hydrogen-bond donors (Lipinski definition) is 2. The molecule has 16 heavy (non-hydrogen) atoms. The topological polar surface area (TPSA) is 44.7 Å². The minimum atomic E-state index is -0.285. The Morgan fingerprint density at radius 2 is 2.25 bits per heavy atom. The number of hydrogen-bond acceptors (Lipinski definition) is 4. The average Bonchev–Trinajstić information content (AvgIpc) is 2.40. The predicted molar refractivity (Wildman–Crippen MR) is 65.6 cm³/mol. The van der Waals surface area contributed by atoms with Crippen LogP contribution in [-0.2, 0) is 4.74 Å². The van der Waals surface area contributed by atoms with E-state index in [1.165, 1.54) is 0 Å². The van der Waals surface area contributed by atoms with Crippen LogP contribution in [0.25, 0.3) is 0 Å². The van der Waals surface area contributed by atoms with Gasteiger partial charge in [0.2, 0.25) is 0 Å². The lowest BCUT2D eigenvalue weighted by Crippen LogP contribution is -2.42. The van der Waals surface area contributed by atoms with E-state index in [1.54, 1.807) is 0 Å². The molecule has 2 atom stereocenters. The van der Waals surface area contributed by atoms with Crippen molar-refractivity contribution in [2.75, 3.05) is 32.8 Å². The Morgan fingerprint density at radius 1 is 1.50 bits per heavy atom. The lowest BCUT2D eigenvalue weighted by Gasteiger charge is -2.25. The summed E-state index contributed by atoms with van der Waals surface area (Å²) in [7, 11) is 0. The van der Waals surface area contributed by atoms with Gasteiger partial charge in [0.15, 0.2) is 0 Å². The maximum absolute atomic E-state index is 9.88. The summed E-state index contributed by atoms with van der Waals surface area (Å²) in [6.45, 7) is 10.5. The van der Waals surface area contributed by atoms with Gasteiger partial charge in [0.05, 0.1) is 12.2 Å². The molecule has 0 aromatic rings. The molecule has 1 heterocycles. The fourth-order valence-electron chi connectivity index (χ4n) is 1.98. The Balaban J connectivity index is 2.23. The van der Waals surface area contributed by atoms with E-state index in [1.807, 2.05) is 0 Å². The fourth-order valence-corrected chi connectivity index (χ4v) is 1.98. The first-order valence-corrected chi connectivity index (χ1v) is 6.33. The third-order valence-corrected chi connectivity index (χ3v) is 2.77. The molecule has 0 aromatic heterocycles. The summed E-state index contributed by atoms with van der Waals surface area (Å²) in [6, 6.07) is 0.432. The number of β-amino-alcohol motifs (C(OH)–C–C–N with tert-alkyl or cyclic N) is 1. The van der Waals surface area contributed by atoms with Crippen LogP contribution in [0.5, 0.6) is 0 Å². The molecule has 1 aliphatic heterocycles. The summed E-state index contributed by atoms with van der Waals surface area (Å²) in [5, 5.41) is 13.1. The van der Waals surface area contributed by atoms with E-state index in [2.05, 4.69) is 31.0 Å². The van der Waals surface area contributed by atoms with Crippen molar-refractivity contribution in [2.45, 2.75) is 45.4 Å². The molecule has 1 aliphatic rings. The smallest absolute Gasteiger partial charge is 0.0791 e. The highest BCUT2D eigenvalue weighted by Crippen LogP contribution is 2.05. The molecule has 1 fully saturated rings. The van der Waals surface area contributed by atoms with E-state index in [0.717, 1.165) is 32.7 Å². The van der Waals surface area contributed by atoms with Crippen LogP contribution in [0.1, 0.15) is 27.2 Å². The molecule has 1 rings (SSSR count). The predicted octanol–water partition coefficient (Wildman–Crippen LogP) is 0.456. The zero-order valence-corrected chi connectivity index (χ0v) is 10.8. The molecular formula is C12H26N2O2. The van der Waals surface area contributed by atoms with E-state index >= 15 is 0 Å². The molecule has 2 N–H and O–H groups in total. The first-order valence-electron chi connectivity index (χ1n) is 6.33. The van der Waals surface area contributed by atoms with Crippen molar-refractivity contribution in [3.05, 3.63) is 0 Å². The standard InChI is InChI=1S/C12H26N2O2/c1-10(2)13-7-12(15)9-14-5-4-6-16-11(3)8-14/h10-13,15H,4-9H2,1-3H3. The summed E-state index contributed by atoms with van der Waals surface area (Å²) in [4.78, 5) is 2.30. The molecule has 0 aliphatic carbocycles. The highest BCUT2D eigenvalue weighted by Gasteiger charge is 2.17. The van der Waals surface area contributed by atoms with Crippen molar-refractivity contribution < 1.29 is 9.84 Å². The van der Waals surface area contributed by atoms with E-state index in [0.29, 0.717) is 12.6 Å². The maximum Gasteiger partial charge on any atom is 0.0791 e. The van der Waals surface area contributed by atoms with Crippen LogP contribution in [0.3, 0.4) is 0 Å². The van der Waals surface area contributed by atoms with Gasteiger partial charge in [-0.1, -0.05) is 13.8 Å². The van der Waals surface area contributed by atoms with Gasteiger partial charge < -0.3 is 15.2 Å². The normalized spacial score (nSPS) is 25.7. The zero-order valence-electron chi connectivity index (χ0n) is 10.8. The Kier molecular flexibility index (Phi) is 6.28. The van der Waals surface area contributed by atoms with Gasteiger partial charge in [-0.3, -0.25) is 4.90 Å². The Bertz CT molecular complexity index is 188. The molecule has 2 unspecified atom stereocenters. The van der Waals surface area contributed by atoms with Gasteiger partial charge >= 0.3 is 0 Å². The summed E-state index contributed by atoms with van der Waals surface area (Å²) >= 11 is 0. The summed E-state index contributed by atoms with van der Waals surface area (Å²) in [5.74, 6) is 0. The molecule has 4 nitrogen and oxygen atoms in total. The quantitative estimate of drug-likeness (QED) is 0.720. The number of aliphatic hydroxyl groups excluding tert-OH is 1. The minimum Gasteiger partial charge on any atom is -0.390 e. The van der Waals surface area contributed by atoms with Crippen LogP contribution in [0.4, 0.5) is 0 Å². The van der Waals surface area contributed by atoms with E-state index in [4.69, 9.17) is 4.74 Å². The van der Waals surface area contributed by atoms with Crippen molar-refractivity contribution in [1.29, 1.82) is 0 Å². The van der Waals surface area contributed by atoms with E-state index in [9.17, 15) is 5.11 Å². The van der Waals surface area contributed by atoms with E-state index < -0.39 is 0 Å². The molecule has 4 heteroatoms. The number of nitrogens with one attached hydrogen (secondary N) is 1. The second kappa shape index (κ2) is 7.22. The van der Waals surface area contributed by atoms with Crippen LogP contribution in [-0.4, -0.2) is 61.0 Å². The Labute approximate surface area is 99.0 Å². The first-order chi connectivity index (χ1) is 7.58. The summed E-state index contributed by atoms with van der Waals surface area (Å²) in [5.41, 5.74) is 0. The van der Waals surface area contributed by atoms with Crippen LogP contribution in [0.15, 0.2) is 0 Å². The fraction of sp³-hybridized carbons (Fsp3) is 1.00. The zero-order chi connectivity index (χ0) is 12.0. The van der Waals surface area contributed by atoms with Gasteiger partial charge in [-0.15, -0.1) is 0 Å². The van der Waals surface area contributed by atoms with Gasteiger partial charge in [-0.2, -0.15) is 0 Å². The van der Waals surface area contributed by atoms with Gasteiger partial charge in [0.25, 0.3) is 0 Å². The SMILES string of the molecule is CC(C)NCC(O)CN1CCCOC(C)C1. The molecule has 0 spiro atoms. The Hall–Kier alpha value is -0.160. The lowest BCUT2D eigenvalue weighted by atomic mass is 10.2. The van der Waals surface area contributed by atoms with Crippen LogP contribution in [0, 0.1) is 0 Å². The van der Waals surface area contributed by atoms with Gasteiger partial charge in [-0.05, 0) is 13.3 Å². The Morgan fingerprint density at radius 3 is 2.94 bits per heavy atom. The van der Waals surface area contributed by atoms with Crippen molar-refractivity contribution in [3.63, 3.8) is 0 Å².